The van der Waals surface area contributed by atoms with Gasteiger partial charge in [-0.1, -0.05) is 24.6 Å². The van der Waals surface area contributed by atoms with Crippen molar-refractivity contribution in [2.24, 2.45) is 11.7 Å². The van der Waals surface area contributed by atoms with Crippen LogP contribution in [0.25, 0.3) is 0 Å². The molecule has 2 heterocycles. The lowest BCUT2D eigenvalue weighted by molar-refractivity contribution is 0.158. The molecule has 1 aromatic heterocycles. The predicted molar refractivity (Wildman–Crippen MR) is 66.3 cm³/mol. The Labute approximate surface area is 102 Å². The average Bonchev–Trinajstić information content (AvgIpc) is 2.20. The zero-order valence-corrected chi connectivity index (χ0v) is 10.3. The highest BCUT2D eigenvalue weighted by molar-refractivity contribution is 6.29. The Morgan fingerprint density at radius 2 is 2.31 bits per heavy atom. The van der Waals surface area contributed by atoms with Crippen molar-refractivity contribution in [3.05, 3.63) is 29.0 Å². The van der Waals surface area contributed by atoms with Crippen LogP contribution in [0.5, 0.6) is 0 Å². The van der Waals surface area contributed by atoms with E-state index in [1.807, 2.05) is 18.3 Å². The Balaban J connectivity index is 1.96. The molecule has 2 unspecified atom stereocenters. The minimum Gasteiger partial charge on any atom is -0.327 e. The summed E-state index contributed by atoms with van der Waals surface area (Å²) in [4.78, 5) is 6.48. The van der Waals surface area contributed by atoms with E-state index in [1.54, 1.807) is 0 Å². The molecule has 1 aromatic rings. The summed E-state index contributed by atoms with van der Waals surface area (Å²) in [5.41, 5.74) is 7.21. The summed E-state index contributed by atoms with van der Waals surface area (Å²) in [6.07, 6.45) is 2.97. The molecule has 16 heavy (non-hydrogen) atoms. The topological polar surface area (TPSA) is 42.1 Å². The van der Waals surface area contributed by atoms with Crippen LogP contribution in [0.3, 0.4) is 0 Å². The van der Waals surface area contributed by atoms with Crippen molar-refractivity contribution >= 4 is 11.6 Å². The highest BCUT2D eigenvalue weighted by Crippen LogP contribution is 2.17. The van der Waals surface area contributed by atoms with Gasteiger partial charge in [0.2, 0.25) is 0 Å². The van der Waals surface area contributed by atoms with E-state index in [1.165, 1.54) is 5.56 Å². The molecule has 0 amide bonds. The van der Waals surface area contributed by atoms with Gasteiger partial charge in [-0.15, -0.1) is 0 Å². The number of pyridine rings is 1. The van der Waals surface area contributed by atoms with Crippen LogP contribution in [0, 0.1) is 5.92 Å². The first-order chi connectivity index (χ1) is 7.63. The SMILES string of the molecule is CC1CC(N)CN(Cc2ccc(Cl)nc2)C1. The molecule has 1 aliphatic heterocycles. The smallest absolute Gasteiger partial charge is 0.129 e. The third-order valence-corrected chi connectivity index (χ3v) is 3.19. The van der Waals surface area contributed by atoms with Crippen molar-refractivity contribution in [1.82, 2.24) is 9.88 Å². The number of aromatic nitrogens is 1. The second-order valence-corrected chi connectivity index (χ2v) is 5.17. The molecule has 0 aromatic carbocycles. The molecule has 2 N–H and O–H groups in total. The maximum Gasteiger partial charge on any atom is 0.129 e. The van der Waals surface area contributed by atoms with E-state index in [0.29, 0.717) is 17.1 Å². The first kappa shape index (κ1) is 11.8. The van der Waals surface area contributed by atoms with Crippen molar-refractivity contribution in [3.8, 4) is 0 Å². The van der Waals surface area contributed by atoms with Gasteiger partial charge in [0.05, 0.1) is 0 Å². The molecule has 3 nitrogen and oxygen atoms in total. The van der Waals surface area contributed by atoms with Gasteiger partial charge in [0.15, 0.2) is 0 Å². The van der Waals surface area contributed by atoms with E-state index in [2.05, 4.69) is 16.8 Å². The van der Waals surface area contributed by atoms with Crippen molar-refractivity contribution in [2.75, 3.05) is 13.1 Å². The number of rotatable bonds is 2. The molecule has 0 radical (unpaired) electrons. The van der Waals surface area contributed by atoms with E-state index in [4.69, 9.17) is 17.3 Å². The molecule has 1 saturated heterocycles. The fraction of sp³-hybridized carbons (Fsp3) is 0.583. The zero-order valence-electron chi connectivity index (χ0n) is 9.56. The predicted octanol–water partition coefficient (Wildman–Crippen LogP) is 1.90. The van der Waals surface area contributed by atoms with Crippen molar-refractivity contribution < 1.29 is 0 Å². The van der Waals surface area contributed by atoms with E-state index in [0.717, 1.165) is 26.1 Å². The monoisotopic (exact) mass is 239 g/mol. The molecule has 1 aliphatic rings. The van der Waals surface area contributed by atoms with Crippen LogP contribution in [-0.2, 0) is 6.54 Å². The number of nitrogens with two attached hydrogens (primary N) is 1. The Morgan fingerprint density at radius 3 is 2.94 bits per heavy atom. The molecule has 0 aliphatic carbocycles. The number of hydrogen-bond donors (Lipinski definition) is 1. The Morgan fingerprint density at radius 1 is 1.50 bits per heavy atom. The minimum atomic E-state index is 0.309. The van der Waals surface area contributed by atoms with Gasteiger partial charge in [0, 0.05) is 31.9 Å². The Hall–Kier alpha value is -0.640. The lowest BCUT2D eigenvalue weighted by atomic mass is 9.96. The lowest BCUT2D eigenvalue weighted by Gasteiger charge is -2.34. The van der Waals surface area contributed by atoms with Gasteiger partial charge >= 0.3 is 0 Å². The van der Waals surface area contributed by atoms with Crippen LogP contribution in [-0.4, -0.2) is 29.0 Å². The van der Waals surface area contributed by atoms with Gasteiger partial charge in [0.25, 0.3) is 0 Å². The number of nitrogens with zero attached hydrogens (tertiary/aromatic N) is 2. The average molecular weight is 240 g/mol. The first-order valence-electron chi connectivity index (χ1n) is 5.72. The summed E-state index contributed by atoms with van der Waals surface area (Å²) in [5, 5.41) is 0.549. The van der Waals surface area contributed by atoms with Gasteiger partial charge < -0.3 is 5.73 Å². The van der Waals surface area contributed by atoms with Crippen molar-refractivity contribution in [2.45, 2.75) is 25.9 Å². The van der Waals surface area contributed by atoms with E-state index in [-0.39, 0.29) is 0 Å². The van der Waals surface area contributed by atoms with Crippen molar-refractivity contribution in [3.63, 3.8) is 0 Å². The van der Waals surface area contributed by atoms with Crippen LogP contribution >= 0.6 is 11.6 Å². The van der Waals surface area contributed by atoms with Crippen LogP contribution in [0.4, 0.5) is 0 Å². The number of hydrogen-bond acceptors (Lipinski definition) is 3. The van der Waals surface area contributed by atoms with E-state index in [9.17, 15) is 0 Å². The molecule has 88 valence electrons. The molecule has 2 rings (SSSR count). The van der Waals surface area contributed by atoms with Gasteiger partial charge in [-0.3, -0.25) is 4.90 Å². The summed E-state index contributed by atoms with van der Waals surface area (Å²) < 4.78 is 0. The quantitative estimate of drug-likeness (QED) is 0.802. The van der Waals surface area contributed by atoms with Gasteiger partial charge in [-0.2, -0.15) is 0 Å². The van der Waals surface area contributed by atoms with Crippen LogP contribution in [0.1, 0.15) is 18.9 Å². The highest BCUT2D eigenvalue weighted by atomic mass is 35.5. The van der Waals surface area contributed by atoms with Gasteiger partial charge in [-0.05, 0) is 24.0 Å². The second-order valence-electron chi connectivity index (χ2n) is 4.78. The molecular formula is C12H18ClN3. The first-order valence-corrected chi connectivity index (χ1v) is 6.09. The highest BCUT2D eigenvalue weighted by Gasteiger charge is 2.21. The molecule has 4 heteroatoms. The second kappa shape index (κ2) is 5.13. The summed E-state index contributed by atoms with van der Waals surface area (Å²) in [6.45, 7) is 5.28. The Bertz CT molecular complexity index is 329. The summed E-state index contributed by atoms with van der Waals surface area (Å²) >= 11 is 5.76. The number of piperidine rings is 1. The van der Waals surface area contributed by atoms with Crippen LogP contribution in [0.2, 0.25) is 5.15 Å². The fourth-order valence-electron chi connectivity index (χ4n) is 2.40. The summed E-state index contributed by atoms with van der Waals surface area (Å²) in [7, 11) is 0. The number of likely N-dealkylation sites (tertiary alicyclic amines) is 1. The lowest BCUT2D eigenvalue weighted by Crippen LogP contribution is -2.45. The molecule has 0 saturated carbocycles. The molecule has 0 bridgehead atoms. The Kier molecular flexibility index (Phi) is 3.79. The summed E-state index contributed by atoms with van der Waals surface area (Å²) in [5.74, 6) is 0.684. The zero-order chi connectivity index (χ0) is 11.5. The largest absolute Gasteiger partial charge is 0.327 e. The standard InChI is InChI=1S/C12H18ClN3/c1-9-4-11(14)8-16(6-9)7-10-2-3-12(13)15-5-10/h2-3,5,9,11H,4,6-8,14H2,1H3. The maximum atomic E-state index is 6.01. The van der Waals surface area contributed by atoms with Gasteiger partial charge in [-0.25, -0.2) is 4.98 Å². The van der Waals surface area contributed by atoms with Crippen LogP contribution < -0.4 is 5.73 Å². The third-order valence-electron chi connectivity index (χ3n) is 2.96. The molecule has 2 atom stereocenters. The normalized spacial score (nSPS) is 26.9. The fourth-order valence-corrected chi connectivity index (χ4v) is 2.51. The minimum absolute atomic E-state index is 0.309. The van der Waals surface area contributed by atoms with Crippen LogP contribution in [0.15, 0.2) is 18.3 Å². The maximum absolute atomic E-state index is 6.01. The van der Waals surface area contributed by atoms with Gasteiger partial charge in [0.1, 0.15) is 5.15 Å². The van der Waals surface area contributed by atoms with E-state index >= 15 is 0 Å². The number of halogens is 1. The summed E-state index contributed by atoms with van der Waals surface area (Å²) in [6, 6.07) is 4.17. The van der Waals surface area contributed by atoms with E-state index < -0.39 is 0 Å². The van der Waals surface area contributed by atoms with Crippen molar-refractivity contribution in [1.29, 1.82) is 0 Å². The molecule has 0 spiro atoms. The third kappa shape index (κ3) is 3.17. The molecular weight excluding hydrogens is 222 g/mol. The molecule has 1 fully saturated rings.